The topological polar surface area (TPSA) is 68.4 Å². The first-order valence-electron chi connectivity index (χ1n) is 4.70. The SMILES string of the molecule is NC(CCc1nc2ccccc2s1)OO. The average Bonchev–Trinajstić information content (AvgIpc) is 2.68. The lowest BCUT2D eigenvalue weighted by Crippen LogP contribution is -2.22. The maximum absolute atomic E-state index is 8.31. The Kier molecular flexibility index (Phi) is 3.27. The van der Waals surface area contributed by atoms with E-state index < -0.39 is 6.23 Å². The quantitative estimate of drug-likeness (QED) is 0.473. The van der Waals surface area contributed by atoms with Gasteiger partial charge in [-0.25, -0.2) is 9.87 Å². The summed E-state index contributed by atoms with van der Waals surface area (Å²) in [4.78, 5) is 8.45. The van der Waals surface area contributed by atoms with Gasteiger partial charge in [0.25, 0.3) is 0 Å². The molecule has 0 amide bonds. The van der Waals surface area contributed by atoms with Crippen molar-refractivity contribution in [1.82, 2.24) is 4.98 Å². The van der Waals surface area contributed by atoms with Crippen molar-refractivity contribution in [2.24, 2.45) is 5.73 Å². The fourth-order valence-corrected chi connectivity index (χ4v) is 2.33. The molecular formula is C10H12N2O2S. The molecule has 0 saturated carbocycles. The number of aromatic nitrogens is 1. The zero-order valence-corrected chi connectivity index (χ0v) is 8.91. The summed E-state index contributed by atoms with van der Waals surface area (Å²) in [6.45, 7) is 0. The first-order chi connectivity index (χ1) is 7.29. The lowest BCUT2D eigenvalue weighted by atomic mass is 10.3. The van der Waals surface area contributed by atoms with Gasteiger partial charge in [0.1, 0.15) is 6.23 Å². The molecule has 1 aromatic carbocycles. The van der Waals surface area contributed by atoms with Crippen molar-refractivity contribution in [3.05, 3.63) is 29.3 Å². The third-order valence-corrected chi connectivity index (χ3v) is 3.21. The van der Waals surface area contributed by atoms with Crippen LogP contribution in [-0.2, 0) is 11.3 Å². The summed E-state index contributed by atoms with van der Waals surface area (Å²) in [6, 6.07) is 7.98. The normalized spacial score (nSPS) is 13.2. The first-order valence-corrected chi connectivity index (χ1v) is 5.51. The molecule has 0 radical (unpaired) electrons. The molecule has 0 aliphatic rings. The molecule has 1 unspecified atom stereocenters. The Balaban J connectivity index is 2.09. The minimum absolute atomic E-state index is 0.566. The van der Waals surface area contributed by atoms with Crippen LogP contribution in [0, 0.1) is 0 Å². The van der Waals surface area contributed by atoms with Crippen LogP contribution < -0.4 is 5.73 Å². The predicted octanol–water partition coefficient (Wildman–Crippen LogP) is 2.00. The summed E-state index contributed by atoms with van der Waals surface area (Å²) in [5.41, 5.74) is 6.43. The van der Waals surface area contributed by atoms with E-state index in [4.69, 9.17) is 11.0 Å². The standard InChI is InChI=1S/C10H12N2O2S/c11-9(14-13)5-6-10-12-7-3-1-2-4-8(7)15-10/h1-4,9,13H,5-6,11H2. The lowest BCUT2D eigenvalue weighted by molar-refractivity contribution is -0.278. The van der Waals surface area contributed by atoms with Crippen LogP contribution in [0.3, 0.4) is 0 Å². The van der Waals surface area contributed by atoms with Crippen LogP contribution in [0.15, 0.2) is 24.3 Å². The van der Waals surface area contributed by atoms with Gasteiger partial charge in [-0.2, -0.15) is 0 Å². The molecule has 0 saturated heterocycles. The second-order valence-corrected chi connectivity index (χ2v) is 4.37. The number of rotatable bonds is 4. The minimum atomic E-state index is -0.628. The van der Waals surface area contributed by atoms with Gasteiger partial charge in [0.05, 0.1) is 15.2 Å². The van der Waals surface area contributed by atoms with Crippen molar-refractivity contribution < 1.29 is 10.1 Å². The molecule has 5 heteroatoms. The third kappa shape index (κ3) is 2.51. The largest absolute Gasteiger partial charge is 0.303 e. The van der Waals surface area contributed by atoms with Gasteiger partial charge in [-0.1, -0.05) is 12.1 Å². The number of nitrogens with two attached hydrogens (primary N) is 1. The molecule has 0 aliphatic carbocycles. The van der Waals surface area contributed by atoms with Crippen LogP contribution in [0.4, 0.5) is 0 Å². The fourth-order valence-electron chi connectivity index (χ4n) is 1.35. The summed E-state index contributed by atoms with van der Waals surface area (Å²) in [7, 11) is 0. The van der Waals surface area contributed by atoms with Gasteiger partial charge in [0, 0.05) is 6.42 Å². The second-order valence-electron chi connectivity index (χ2n) is 3.26. The van der Waals surface area contributed by atoms with Crippen molar-refractivity contribution >= 4 is 21.6 Å². The summed E-state index contributed by atoms with van der Waals surface area (Å²) in [5, 5.41) is 9.33. The number of fused-ring (bicyclic) bond motifs is 1. The van der Waals surface area contributed by atoms with Crippen molar-refractivity contribution in [2.75, 3.05) is 0 Å². The number of hydrogen-bond acceptors (Lipinski definition) is 5. The van der Waals surface area contributed by atoms with E-state index in [-0.39, 0.29) is 0 Å². The van der Waals surface area contributed by atoms with Gasteiger partial charge in [-0.05, 0) is 18.6 Å². The molecule has 0 aliphatic heterocycles. The Morgan fingerprint density at radius 1 is 1.47 bits per heavy atom. The van der Waals surface area contributed by atoms with Gasteiger partial charge in [0.15, 0.2) is 0 Å². The average molecular weight is 224 g/mol. The van der Waals surface area contributed by atoms with E-state index in [1.165, 1.54) is 4.70 Å². The van der Waals surface area contributed by atoms with Crippen LogP contribution >= 0.6 is 11.3 Å². The molecule has 2 aromatic rings. The van der Waals surface area contributed by atoms with Crippen molar-refractivity contribution in [1.29, 1.82) is 0 Å². The number of para-hydroxylation sites is 1. The van der Waals surface area contributed by atoms with E-state index >= 15 is 0 Å². The maximum atomic E-state index is 8.31. The molecule has 4 nitrogen and oxygen atoms in total. The minimum Gasteiger partial charge on any atom is -0.303 e. The molecule has 2 rings (SSSR count). The lowest BCUT2D eigenvalue weighted by Gasteiger charge is -2.04. The van der Waals surface area contributed by atoms with Gasteiger partial charge in [-0.15, -0.1) is 11.3 Å². The number of nitrogens with zero attached hydrogens (tertiary/aromatic N) is 1. The third-order valence-electron chi connectivity index (χ3n) is 2.12. The van der Waals surface area contributed by atoms with Crippen LogP contribution in [0.25, 0.3) is 10.2 Å². The Hall–Kier alpha value is -1.01. The summed E-state index contributed by atoms with van der Waals surface area (Å²) in [6.07, 6.45) is 0.661. The van der Waals surface area contributed by atoms with Gasteiger partial charge < -0.3 is 5.73 Å². The fraction of sp³-hybridized carbons (Fsp3) is 0.300. The Morgan fingerprint density at radius 2 is 2.27 bits per heavy atom. The predicted molar refractivity (Wildman–Crippen MR) is 59.6 cm³/mol. The molecule has 0 bridgehead atoms. The number of thiazole rings is 1. The van der Waals surface area contributed by atoms with E-state index in [9.17, 15) is 0 Å². The molecule has 1 heterocycles. The Labute approximate surface area is 91.2 Å². The Morgan fingerprint density at radius 3 is 3.00 bits per heavy atom. The Bertz CT molecular complexity index is 411. The van der Waals surface area contributed by atoms with Gasteiger partial charge in [0.2, 0.25) is 0 Å². The molecule has 3 N–H and O–H groups in total. The molecule has 15 heavy (non-hydrogen) atoms. The molecule has 1 aromatic heterocycles. The van der Waals surface area contributed by atoms with E-state index in [1.807, 2.05) is 24.3 Å². The highest BCUT2D eigenvalue weighted by Crippen LogP contribution is 2.22. The van der Waals surface area contributed by atoms with E-state index in [2.05, 4.69) is 9.87 Å². The zero-order valence-electron chi connectivity index (χ0n) is 8.09. The van der Waals surface area contributed by atoms with Crippen molar-refractivity contribution in [3.8, 4) is 0 Å². The van der Waals surface area contributed by atoms with Gasteiger partial charge >= 0.3 is 0 Å². The highest BCUT2D eigenvalue weighted by molar-refractivity contribution is 7.18. The van der Waals surface area contributed by atoms with Crippen molar-refractivity contribution in [2.45, 2.75) is 19.1 Å². The monoisotopic (exact) mass is 224 g/mol. The van der Waals surface area contributed by atoms with Crippen LogP contribution in [0.5, 0.6) is 0 Å². The van der Waals surface area contributed by atoms with Crippen LogP contribution in [0.1, 0.15) is 11.4 Å². The number of benzene rings is 1. The summed E-state index contributed by atoms with van der Waals surface area (Å²) >= 11 is 1.65. The second kappa shape index (κ2) is 4.67. The van der Waals surface area contributed by atoms with Gasteiger partial charge in [-0.3, -0.25) is 5.26 Å². The number of hydrogen-bond donors (Lipinski definition) is 2. The molecule has 0 fully saturated rings. The highest BCUT2D eigenvalue weighted by atomic mass is 32.1. The first kappa shape index (κ1) is 10.5. The van der Waals surface area contributed by atoms with E-state index in [0.717, 1.165) is 16.9 Å². The van der Waals surface area contributed by atoms with Crippen LogP contribution in [0.2, 0.25) is 0 Å². The molecule has 0 spiro atoms. The summed E-state index contributed by atoms with van der Waals surface area (Å²) in [5.74, 6) is 0. The molecule has 1 atom stereocenters. The van der Waals surface area contributed by atoms with Crippen molar-refractivity contribution in [3.63, 3.8) is 0 Å². The van der Waals surface area contributed by atoms with E-state index in [1.54, 1.807) is 11.3 Å². The number of aryl methyl sites for hydroxylation is 1. The smallest absolute Gasteiger partial charge is 0.141 e. The molecule has 80 valence electrons. The summed E-state index contributed by atoms with van der Waals surface area (Å²) < 4.78 is 1.17. The van der Waals surface area contributed by atoms with E-state index in [0.29, 0.717) is 6.42 Å². The molecular weight excluding hydrogens is 212 g/mol. The zero-order chi connectivity index (χ0) is 10.7. The highest BCUT2D eigenvalue weighted by Gasteiger charge is 2.06. The maximum Gasteiger partial charge on any atom is 0.141 e. The van der Waals surface area contributed by atoms with Crippen LogP contribution in [-0.4, -0.2) is 16.5 Å².